The van der Waals surface area contributed by atoms with Crippen LogP contribution in [0.15, 0.2) is 0 Å². The van der Waals surface area contributed by atoms with Gasteiger partial charge in [0.2, 0.25) is 0 Å². The fraction of sp³-hybridized carbons (Fsp3) is 0.429. The molecule has 0 spiro atoms. The number of hydrogen-bond acceptors (Lipinski definition) is 4. The summed E-state index contributed by atoms with van der Waals surface area (Å²) < 4.78 is 0. The van der Waals surface area contributed by atoms with E-state index in [1.165, 1.54) is 11.3 Å². The molecule has 0 amide bonds. The van der Waals surface area contributed by atoms with E-state index in [0.29, 0.717) is 15.6 Å². The standard InChI is InChI=1S/C7H9NO2S/c1-4-6(3-9)11-7(8-4)5(2)10/h3,5,10H,1-2H3. The molecule has 1 N–H and O–H groups in total. The van der Waals surface area contributed by atoms with Gasteiger partial charge in [-0.1, -0.05) is 0 Å². The Bertz CT molecular complexity index is 267. The van der Waals surface area contributed by atoms with Crippen LogP contribution in [0.25, 0.3) is 0 Å². The second-order valence-electron chi connectivity index (χ2n) is 2.30. The van der Waals surface area contributed by atoms with Crippen LogP contribution in [-0.2, 0) is 0 Å². The molecule has 0 aromatic carbocycles. The van der Waals surface area contributed by atoms with Gasteiger partial charge in [-0.2, -0.15) is 0 Å². The Morgan fingerprint density at radius 2 is 2.36 bits per heavy atom. The van der Waals surface area contributed by atoms with Gasteiger partial charge in [-0.05, 0) is 13.8 Å². The zero-order chi connectivity index (χ0) is 8.43. The molecule has 1 heterocycles. The lowest BCUT2D eigenvalue weighted by molar-refractivity contribution is 0.112. The molecule has 0 saturated heterocycles. The molecule has 1 unspecified atom stereocenters. The zero-order valence-corrected chi connectivity index (χ0v) is 7.18. The Morgan fingerprint density at radius 1 is 1.73 bits per heavy atom. The number of aldehydes is 1. The molecule has 0 aliphatic carbocycles. The summed E-state index contributed by atoms with van der Waals surface area (Å²) in [5, 5.41) is 9.69. The first-order valence-corrected chi connectivity index (χ1v) is 4.07. The van der Waals surface area contributed by atoms with Crippen LogP contribution < -0.4 is 0 Å². The fourth-order valence-corrected chi connectivity index (χ4v) is 1.54. The molecule has 0 radical (unpaired) electrons. The number of hydrogen-bond donors (Lipinski definition) is 1. The molecule has 0 aliphatic rings. The van der Waals surface area contributed by atoms with Gasteiger partial charge >= 0.3 is 0 Å². The maximum atomic E-state index is 10.4. The van der Waals surface area contributed by atoms with E-state index in [4.69, 9.17) is 5.11 Å². The first kappa shape index (κ1) is 8.36. The molecule has 4 heteroatoms. The number of aromatic nitrogens is 1. The topological polar surface area (TPSA) is 50.2 Å². The summed E-state index contributed by atoms with van der Waals surface area (Å²) >= 11 is 1.24. The highest BCUT2D eigenvalue weighted by molar-refractivity contribution is 7.13. The number of nitrogens with zero attached hydrogens (tertiary/aromatic N) is 1. The number of aliphatic hydroxyl groups is 1. The summed E-state index contributed by atoms with van der Waals surface area (Å²) in [6.07, 6.45) is 0.186. The van der Waals surface area contributed by atoms with Gasteiger partial charge in [-0.25, -0.2) is 4.98 Å². The van der Waals surface area contributed by atoms with Gasteiger partial charge in [0, 0.05) is 0 Å². The van der Waals surface area contributed by atoms with Crippen molar-refractivity contribution in [3.05, 3.63) is 15.6 Å². The van der Waals surface area contributed by atoms with Crippen molar-refractivity contribution in [2.24, 2.45) is 0 Å². The quantitative estimate of drug-likeness (QED) is 0.683. The summed E-state index contributed by atoms with van der Waals surface area (Å²) in [6, 6.07) is 0. The van der Waals surface area contributed by atoms with Crippen molar-refractivity contribution >= 4 is 17.6 Å². The Labute approximate surface area is 68.7 Å². The Hall–Kier alpha value is -0.740. The molecule has 60 valence electrons. The van der Waals surface area contributed by atoms with Gasteiger partial charge in [0.05, 0.1) is 10.6 Å². The molecule has 1 aromatic heterocycles. The van der Waals surface area contributed by atoms with E-state index < -0.39 is 6.10 Å². The van der Waals surface area contributed by atoms with Gasteiger partial charge in [-0.15, -0.1) is 11.3 Å². The molecular weight excluding hydrogens is 162 g/mol. The monoisotopic (exact) mass is 171 g/mol. The van der Waals surface area contributed by atoms with E-state index in [-0.39, 0.29) is 0 Å². The van der Waals surface area contributed by atoms with Gasteiger partial charge in [0.1, 0.15) is 11.1 Å². The van der Waals surface area contributed by atoms with Crippen molar-refractivity contribution in [1.82, 2.24) is 4.98 Å². The zero-order valence-electron chi connectivity index (χ0n) is 6.37. The van der Waals surface area contributed by atoms with Crippen LogP contribution in [0.4, 0.5) is 0 Å². The first-order valence-electron chi connectivity index (χ1n) is 3.25. The van der Waals surface area contributed by atoms with Gasteiger partial charge in [0.15, 0.2) is 6.29 Å². The van der Waals surface area contributed by atoms with Crippen LogP contribution in [0.3, 0.4) is 0 Å². The van der Waals surface area contributed by atoms with E-state index in [0.717, 1.165) is 6.29 Å². The van der Waals surface area contributed by atoms with Crippen molar-refractivity contribution in [3.63, 3.8) is 0 Å². The number of aryl methyl sites for hydroxylation is 1. The normalized spacial score (nSPS) is 13.0. The van der Waals surface area contributed by atoms with Crippen molar-refractivity contribution in [3.8, 4) is 0 Å². The molecule has 0 fully saturated rings. The van der Waals surface area contributed by atoms with Crippen molar-refractivity contribution in [2.45, 2.75) is 20.0 Å². The average molecular weight is 171 g/mol. The van der Waals surface area contributed by atoms with Crippen LogP contribution in [0.5, 0.6) is 0 Å². The second-order valence-corrected chi connectivity index (χ2v) is 3.36. The minimum absolute atomic E-state index is 0.576. The van der Waals surface area contributed by atoms with Gasteiger partial charge in [0.25, 0.3) is 0 Å². The predicted octanol–water partition coefficient (Wildman–Crippen LogP) is 1.32. The first-order chi connectivity index (χ1) is 5.15. The molecule has 3 nitrogen and oxygen atoms in total. The van der Waals surface area contributed by atoms with E-state index >= 15 is 0 Å². The second kappa shape index (κ2) is 3.11. The van der Waals surface area contributed by atoms with E-state index in [1.54, 1.807) is 13.8 Å². The number of aliphatic hydroxyl groups excluding tert-OH is 1. The van der Waals surface area contributed by atoms with Crippen molar-refractivity contribution in [1.29, 1.82) is 0 Å². The van der Waals surface area contributed by atoms with Gasteiger partial charge < -0.3 is 5.11 Å². The SMILES string of the molecule is Cc1nc(C(C)O)sc1C=O. The summed E-state index contributed by atoms with van der Waals surface area (Å²) in [7, 11) is 0. The number of carbonyl (C=O) groups excluding carboxylic acids is 1. The Morgan fingerprint density at radius 3 is 2.64 bits per heavy atom. The number of thiazole rings is 1. The summed E-state index contributed by atoms with van der Waals surface area (Å²) in [5.41, 5.74) is 0.695. The molecule has 11 heavy (non-hydrogen) atoms. The van der Waals surface area contributed by atoms with E-state index in [9.17, 15) is 4.79 Å². The van der Waals surface area contributed by atoms with E-state index in [2.05, 4.69) is 4.98 Å². The molecule has 0 bridgehead atoms. The van der Waals surface area contributed by atoms with Crippen molar-refractivity contribution in [2.75, 3.05) is 0 Å². The van der Waals surface area contributed by atoms with Crippen LogP contribution in [0, 0.1) is 6.92 Å². The van der Waals surface area contributed by atoms with Crippen LogP contribution in [0.1, 0.15) is 33.4 Å². The predicted molar refractivity (Wildman–Crippen MR) is 42.9 cm³/mol. The van der Waals surface area contributed by atoms with Crippen molar-refractivity contribution < 1.29 is 9.90 Å². The maximum Gasteiger partial charge on any atom is 0.161 e. The average Bonchev–Trinajstić information content (AvgIpc) is 2.31. The molecule has 1 atom stereocenters. The molecular formula is C7H9NO2S. The Balaban J connectivity index is 3.04. The fourth-order valence-electron chi connectivity index (χ4n) is 0.718. The highest BCUT2D eigenvalue weighted by Crippen LogP contribution is 2.21. The molecule has 1 rings (SSSR count). The Kier molecular flexibility index (Phi) is 2.36. The lowest BCUT2D eigenvalue weighted by atomic mass is 10.4. The highest BCUT2D eigenvalue weighted by Gasteiger charge is 2.09. The summed E-state index contributed by atoms with van der Waals surface area (Å²) in [4.78, 5) is 15.0. The van der Waals surface area contributed by atoms with Gasteiger partial charge in [-0.3, -0.25) is 4.79 Å². The largest absolute Gasteiger partial charge is 0.386 e. The third kappa shape index (κ3) is 1.64. The molecule has 0 aliphatic heterocycles. The summed E-state index contributed by atoms with van der Waals surface area (Å²) in [6.45, 7) is 3.39. The molecule has 0 saturated carbocycles. The lowest BCUT2D eigenvalue weighted by Gasteiger charge is -1.94. The smallest absolute Gasteiger partial charge is 0.161 e. The minimum atomic E-state index is -0.576. The number of carbonyl (C=O) groups is 1. The lowest BCUT2D eigenvalue weighted by Crippen LogP contribution is -1.88. The summed E-state index contributed by atoms with van der Waals surface area (Å²) in [5.74, 6) is 0. The number of rotatable bonds is 2. The maximum absolute atomic E-state index is 10.4. The molecule has 1 aromatic rings. The van der Waals surface area contributed by atoms with Crippen LogP contribution >= 0.6 is 11.3 Å². The van der Waals surface area contributed by atoms with Crippen LogP contribution in [-0.4, -0.2) is 16.4 Å². The highest BCUT2D eigenvalue weighted by atomic mass is 32.1. The third-order valence-electron chi connectivity index (χ3n) is 1.31. The minimum Gasteiger partial charge on any atom is -0.386 e. The van der Waals surface area contributed by atoms with Crippen LogP contribution in [0.2, 0.25) is 0 Å². The van der Waals surface area contributed by atoms with E-state index in [1.807, 2.05) is 0 Å². The third-order valence-corrected chi connectivity index (χ3v) is 2.57.